The normalized spacial score (nSPS) is 14.9. The Labute approximate surface area is 190 Å². The second-order valence-corrected chi connectivity index (χ2v) is 8.27. The number of aromatic nitrogens is 2. The Bertz CT molecular complexity index is 1190. The van der Waals surface area contributed by atoms with Crippen LogP contribution >= 0.6 is 0 Å². The molecule has 9 heteroatoms. The summed E-state index contributed by atoms with van der Waals surface area (Å²) in [6, 6.07) is 14.3. The smallest absolute Gasteiger partial charge is 0.251 e. The van der Waals surface area contributed by atoms with Gasteiger partial charge in [-0.1, -0.05) is 12.1 Å². The van der Waals surface area contributed by atoms with Crippen LogP contribution in [-0.2, 0) is 4.79 Å². The van der Waals surface area contributed by atoms with Crippen molar-refractivity contribution in [2.45, 2.75) is 31.7 Å². The predicted molar refractivity (Wildman–Crippen MR) is 123 cm³/mol. The van der Waals surface area contributed by atoms with Crippen molar-refractivity contribution in [3.8, 4) is 0 Å². The van der Waals surface area contributed by atoms with Gasteiger partial charge in [0.1, 0.15) is 0 Å². The Morgan fingerprint density at radius 3 is 2.33 bits per heavy atom. The average molecular weight is 446 g/mol. The lowest BCUT2D eigenvalue weighted by atomic mass is 10.2. The highest BCUT2D eigenvalue weighted by Gasteiger charge is 2.30. The van der Waals surface area contributed by atoms with Crippen LogP contribution in [0.2, 0.25) is 0 Å². The molecule has 0 radical (unpaired) electrons. The van der Waals surface area contributed by atoms with Crippen LogP contribution in [-0.4, -0.2) is 27.8 Å². The fourth-order valence-corrected chi connectivity index (χ4v) is 3.25. The molecule has 2 aromatic carbocycles. The minimum Gasteiger partial charge on any atom is -0.349 e. The van der Waals surface area contributed by atoms with Crippen molar-refractivity contribution in [2.24, 2.45) is 5.92 Å². The molecule has 2 aliphatic carbocycles. The zero-order chi connectivity index (χ0) is 22.8. The molecule has 1 aromatic heterocycles. The molecule has 8 nitrogen and oxygen atoms in total. The van der Waals surface area contributed by atoms with E-state index in [0.717, 1.165) is 31.9 Å². The van der Waals surface area contributed by atoms with Crippen molar-refractivity contribution in [1.82, 2.24) is 15.3 Å². The van der Waals surface area contributed by atoms with E-state index in [4.69, 9.17) is 0 Å². The number of hydrogen-bond acceptors (Lipinski definition) is 6. The first kappa shape index (κ1) is 20.9. The first-order valence-electron chi connectivity index (χ1n) is 10.9. The molecule has 2 amide bonds. The average Bonchev–Trinajstić information content (AvgIpc) is 3.72. The van der Waals surface area contributed by atoms with Crippen LogP contribution in [0.25, 0.3) is 0 Å². The van der Waals surface area contributed by atoms with Crippen LogP contribution in [0.1, 0.15) is 36.0 Å². The van der Waals surface area contributed by atoms with Crippen molar-refractivity contribution in [3.05, 3.63) is 66.1 Å². The van der Waals surface area contributed by atoms with E-state index in [0.29, 0.717) is 28.7 Å². The Morgan fingerprint density at radius 1 is 0.909 bits per heavy atom. The number of halogens is 1. The van der Waals surface area contributed by atoms with Gasteiger partial charge >= 0.3 is 0 Å². The van der Waals surface area contributed by atoms with E-state index in [1.54, 1.807) is 48.5 Å². The van der Waals surface area contributed by atoms with Gasteiger partial charge in [-0.25, -0.2) is 9.37 Å². The second kappa shape index (κ2) is 8.85. The fraction of sp³-hybridized carbons (Fsp3) is 0.250. The molecular weight excluding hydrogens is 423 g/mol. The Kier molecular flexibility index (Phi) is 5.60. The molecule has 1 heterocycles. The summed E-state index contributed by atoms with van der Waals surface area (Å²) in [5.41, 5.74) is 2.32. The molecule has 2 fully saturated rings. The molecule has 0 unspecified atom stereocenters. The van der Waals surface area contributed by atoms with E-state index in [1.807, 2.05) is 0 Å². The third kappa shape index (κ3) is 5.25. The maximum atomic E-state index is 14.4. The standard InChI is InChI=1S/C24H23FN6O2/c25-18-13-26-24(28-17-9-7-15(8-10-17)22(32)27-16-11-12-16)31-21(18)29-19-3-1-2-4-20(19)30-23(33)14-5-6-14/h1-4,7-10,13-14,16H,5-6,11-12H2,(H,27,32)(H,30,33)(H2,26,28,29,31). The maximum Gasteiger partial charge on any atom is 0.251 e. The van der Waals surface area contributed by atoms with E-state index in [9.17, 15) is 14.0 Å². The van der Waals surface area contributed by atoms with E-state index in [-0.39, 0.29) is 29.5 Å². The number of nitrogens with zero attached hydrogens (tertiary/aromatic N) is 2. The number of para-hydroxylation sites is 2. The molecule has 0 atom stereocenters. The molecule has 0 saturated heterocycles. The molecule has 5 rings (SSSR count). The van der Waals surface area contributed by atoms with Crippen LogP contribution in [0, 0.1) is 11.7 Å². The van der Waals surface area contributed by atoms with Crippen LogP contribution in [0.5, 0.6) is 0 Å². The van der Waals surface area contributed by atoms with Gasteiger partial charge in [0.2, 0.25) is 11.9 Å². The second-order valence-electron chi connectivity index (χ2n) is 8.27. The van der Waals surface area contributed by atoms with Crippen molar-refractivity contribution in [2.75, 3.05) is 16.0 Å². The molecule has 4 N–H and O–H groups in total. The highest BCUT2D eigenvalue weighted by molar-refractivity contribution is 5.97. The number of amides is 2. The van der Waals surface area contributed by atoms with Crippen LogP contribution in [0.4, 0.5) is 33.2 Å². The zero-order valence-electron chi connectivity index (χ0n) is 17.8. The lowest BCUT2D eigenvalue weighted by molar-refractivity contribution is -0.117. The van der Waals surface area contributed by atoms with Crippen molar-refractivity contribution >= 4 is 40.6 Å². The lowest BCUT2D eigenvalue weighted by Crippen LogP contribution is -2.25. The summed E-state index contributed by atoms with van der Waals surface area (Å²) in [4.78, 5) is 32.5. The lowest BCUT2D eigenvalue weighted by Gasteiger charge is -2.14. The van der Waals surface area contributed by atoms with Crippen molar-refractivity contribution < 1.29 is 14.0 Å². The molecular formula is C24H23FN6O2. The van der Waals surface area contributed by atoms with Crippen LogP contribution in [0.15, 0.2) is 54.7 Å². The highest BCUT2D eigenvalue weighted by Crippen LogP contribution is 2.32. The summed E-state index contributed by atoms with van der Waals surface area (Å²) >= 11 is 0. The number of anilines is 5. The fourth-order valence-electron chi connectivity index (χ4n) is 3.25. The monoisotopic (exact) mass is 446 g/mol. The first-order valence-corrected chi connectivity index (χ1v) is 10.9. The summed E-state index contributed by atoms with van der Waals surface area (Å²) in [6.07, 6.45) is 4.91. The Hall–Kier alpha value is -4.01. The summed E-state index contributed by atoms with van der Waals surface area (Å²) in [5.74, 6) is -0.550. The van der Waals surface area contributed by atoms with E-state index in [1.165, 1.54) is 0 Å². The van der Waals surface area contributed by atoms with Gasteiger partial charge in [-0.15, -0.1) is 0 Å². The van der Waals surface area contributed by atoms with E-state index >= 15 is 0 Å². The van der Waals surface area contributed by atoms with Gasteiger partial charge in [-0.2, -0.15) is 4.98 Å². The molecule has 0 aliphatic heterocycles. The van der Waals surface area contributed by atoms with Gasteiger partial charge in [0, 0.05) is 23.2 Å². The number of nitrogens with one attached hydrogen (secondary N) is 4. The van der Waals surface area contributed by atoms with Crippen molar-refractivity contribution in [1.29, 1.82) is 0 Å². The Balaban J connectivity index is 1.28. The molecule has 2 saturated carbocycles. The number of carbonyl (C=O) groups excluding carboxylic acids is 2. The van der Waals surface area contributed by atoms with E-state index < -0.39 is 5.82 Å². The van der Waals surface area contributed by atoms with Gasteiger partial charge in [-0.3, -0.25) is 9.59 Å². The molecule has 33 heavy (non-hydrogen) atoms. The van der Waals surface area contributed by atoms with Gasteiger partial charge in [0.15, 0.2) is 11.6 Å². The largest absolute Gasteiger partial charge is 0.349 e. The predicted octanol–water partition coefficient (Wildman–Crippen LogP) is 4.34. The van der Waals surface area contributed by atoms with Gasteiger partial charge in [-0.05, 0) is 62.1 Å². The SMILES string of the molecule is O=C(NC1CC1)c1ccc(Nc2ncc(F)c(Nc3ccccc3NC(=O)C3CC3)n2)cc1. The summed E-state index contributed by atoms with van der Waals surface area (Å²) in [6.45, 7) is 0. The highest BCUT2D eigenvalue weighted by atomic mass is 19.1. The summed E-state index contributed by atoms with van der Waals surface area (Å²) < 4.78 is 14.4. The number of rotatable bonds is 8. The third-order valence-corrected chi connectivity index (χ3v) is 5.45. The first-order chi connectivity index (χ1) is 16.0. The molecule has 0 bridgehead atoms. The molecule has 168 valence electrons. The summed E-state index contributed by atoms with van der Waals surface area (Å²) in [7, 11) is 0. The van der Waals surface area contributed by atoms with E-state index in [2.05, 4.69) is 31.2 Å². The minimum absolute atomic E-state index is 0.0268. The quantitative estimate of drug-likeness (QED) is 0.410. The van der Waals surface area contributed by atoms with Gasteiger partial charge in [0.25, 0.3) is 5.91 Å². The van der Waals surface area contributed by atoms with Crippen molar-refractivity contribution in [3.63, 3.8) is 0 Å². The number of hydrogen-bond donors (Lipinski definition) is 4. The van der Waals surface area contributed by atoms with Gasteiger partial charge in [0.05, 0.1) is 17.6 Å². The zero-order valence-corrected chi connectivity index (χ0v) is 17.8. The van der Waals surface area contributed by atoms with Crippen LogP contribution < -0.4 is 21.3 Å². The number of carbonyl (C=O) groups is 2. The molecule has 3 aromatic rings. The number of benzene rings is 2. The summed E-state index contributed by atoms with van der Waals surface area (Å²) in [5, 5.41) is 11.8. The van der Waals surface area contributed by atoms with Gasteiger partial charge < -0.3 is 21.3 Å². The topological polar surface area (TPSA) is 108 Å². The Morgan fingerprint density at radius 2 is 1.64 bits per heavy atom. The molecule has 2 aliphatic rings. The minimum atomic E-state index is -0.629. The third-order valence-electron chi connectivity index (χ3n) is 5.45. The maximum absolute atomic E-state index is 14.4. The molecule has 0 spiro atoms. The van der Waals surface area contributed by atoms with Crippen LogP contribution in [0.3, 0.4) is 0 Å².